The van der Waals surface area contributed by atoms with Gasteiger partial charge >= 0.3 is 0 Å². The second-order valence-corrected chi connectivity index (χ2v) is 11.4. The zero-order valence-corrected chi connectivity index (χ0v) is 26.1. The van der Waals surface area contributed by atoms with E-state index in [-0.39, 0.29) is 66.9 Å². The molecule has 0 aliphatic rings. The van der Waals surface area contributed by atoms with Gasteiger partial charge in [-0.2, -0.15) is 42.1 Å². The van der Waals surface area contributed by atoms with E-state index in [9.17, 15) is 42.1 Å². The van der Waals surface area contributed by atoms with Gasteiger partial charge < -0.3 is 4.42 Å². The summed E-state index contributed by atoms with van der Waals surface area (Å²) >= 11 is 0. The number of benzene rings is 5. The zero-order chi connectivity index (χ0) is 35.8. The molecule has 230 valence electrons. The molecule has 0 saturated carbocycles. The average Bonchev–Trinajstić information content (AvgIpc) is 3.71. The summed E-state index contributed by atoms with van der Waals surface area (Å²) in [6.45, 7) is 0. The summed E-state index contributed by atoms with van der Waals surface area (Å²) in [5.41, 5.74) is 1.99. The molecule has 0 bridgehead atoms. The Morgan fingerprint density at radius 3 is 1.41 bits per heavy atom. The Kier molecular flexibility index (Phi) is 7.40. The third-order valence-electron chi connectivity index (χ3n) is 8.80. The van der Waals surface area contributed by atoms with Crippen molar-refractivity contribution in [2.45, 2.75) is 5.92 Å². The molecule has 10 heteroatoms. The summed E-state index contributed by atoms with van der Waals surface area (Å²) in [4.78, 5) is 0. The molecule has 0 spiro atoms. The zero-order valence-electron chi connectivity index (χ0n) is 26.1. The molecule has 0 amide bonds. The van der Waals surface area contributed by atoms with Crippen LogP contribution in [0.5, 0.6) is 0 Å². The Morgan fingerprint density at radius 1 is 0.490 bits per heavy atom. The number of rotatable bonds is 4. The van der Waals surface area contributed by atoms with E-state index < -0.39 is 5.92 Å². The number of furan rings is 1. The van der Waals surface area contributed by atoms with Gasteiger partial charge in [0.1, 0.15) is 17.7 Å². The first-order chi connectivity index (χ1) is 24.9. The highest BCUT2D eigenvalue weighted by Gasteiger charge is 2.32. The number of hydrogen-bond donors (Lipinski definition) is 0. The lowest BCUT2D eigenvalue weighted by atomic mass is 9.76. The molecule has 0 fully saturated rings. The largest absolute Gasteiger partial charge is 0.439 e. The summed E-state index contributed by atoms with van der Waals surface area (Å²) in [7, 11) is 0. The van der Waals surface area contributed by atoms with Crippen molar-refractivity contribution in [3.63, 3.8) is 0 Å². The van der Waals surface area contributed by atoms with E-state index >= 15 is 0 Å². The smallest absolute Gasteiger partial charge is 0.213 e. The molecule has 51 heavy (non-hydrogen) atoms. The van der Waals surface area contributed by atoms with E-state index in [0.717, 1.165) is 16.2 Å². The molecule has 0 aliphatic heterocycles. The van der Waals surface area contributed by atoms with Crippen LogP contribution in [0.25, 0.3) is 38.7 Å². The predicted molar refractivity (Wildman–Crippen MR) is 182 cm³/mol. The molecule has 7 aromatic rings. The summed E-state index contributed by atoms with van der Waals surface area (Å²) in [5.74, 6) is -1.25. The third-order valence-corrected chi connectivity index (χ3v) is 8.80. The lowest BCUT2D eigenvalue weighted by molar-refractivity contribution is 0.645. The van der Waals surface area contributed by atoms with Gasteiger partial charge in [-0.25, -0.2) is 0 Å². The van der Waals surface area contributed by atoms with Gasteiger partial charge in [-0.05, 0) is 65.2 Å². The highest BCUT2D eigenvalue weighted by molar-refractivity contribution is 6.20. The van der Waals surface area contributed by atoms with E-state index in [0.29, 0.717) is 16.8 Å². The van der Waals surface area contributed by atoms with Crippen LogP contribution < -0.4 is 0 Å². The number of nitriles is 8. The monoisotopic (exact) mass is 649 g/mol. The topological polar surface area (TPSA) is 208 Å². The SMILES string of the molecule is N#Cc1cc(C#N)c(C(c2cc(C#N)c(-n3c4ccccc4c4c5ccccc5oc43)c(C#N)c2)c2c(C#N)cc(C#N)cc2C#N)c(C#N)c1. The maximum atomic E-state index is 10.7. The highest BCUT2D eigenvalue weighted by Crippen LogP contribution is 2.44. The van der Waals surface area contributed by atoms with E-state index in [2.05, 4.69) is 12.1 Å². The maximum absolute atomic E-state index is 10.7. The molecule has 7 rings (SSSR count). The van der Waals surface area contributed by atoms with Gasteiger partial charge in [0.05, 0.1) is 97.5 Å². The molecule has 0 unspecified atom stereocenters. The van der Waals surface area contributed by atoms with Gasteiger partial charge in [-0.3, -0.25) is 4.57 Å². The first-order valence-electron chi connectivity index (χ1n) is 15.1. The second-order valence-electron chi connectivity index (χ2n) is 11.4. The molecular formula is C41H15N9O. The number of fused-ring (bicyclic) bond motifs is 5. The number of aromatic nitrogens is 1. The van der Waals surface area contributed by atoms with Crippen LogP contribution in [0, 0.1) is 90.6 Å². The molecule has 0 radical (unpaired) electrons. The summed E-state index contributed by atoms with van der Waals surface area (Å²) in [5, 5.41) is 84.4. The molecule has 0 aliphatic carbocycles. The Hall–Kier alpha value is -8.64. The molecule has 0 N–H and O–H groups in total. The molecule has 10 nitrogen and oxygen atoms in total. The Morgan fingerprint density at radius 2 is 0.941 bits per heavy atom. The van der Waals surface area contributed by atoms with Gasteiger partial charge in [0.15, 0.2) is 0 Å². The van der Waals surface area contributed by atoms with Crippen LogP contribution in [-0.2, 0) is 0 Å². The van der Waals surface area contributed by atoms with Gasteiger partial charge in [-0.15, -0.1) is 0 Å². The van der Waals surface area contributed by atoms with Crippen molar-refractivity contribution in [1.82, 2.24) is 4.57 Å². The van der Waals surface area contributed by atoms with E-state index in [1.807, 2.05) is 84.9 Å². The fourth-order valence-electron chi connectivity index (χ4n) is 6.80. The fourth-order valence-corrected chi connectivity index (χ4v) is 6.80. The quantitative estimate of drug-likeness (QED) is 0.171. The van der Waals surface area contributed by atoms with Crippen molar-refractivity contribution in [1.29, 1.82) is 42.1 Å². The normalized spacial score (nSPS) is 10.4. The van der Waals surface area contributed by atoms with Crippen LogP contribution in [0.2, 0.25) is 0 Å². The third kappa shape index (κ3) is 4.65. The van der Waals surface area contributed by atoms with Crippen molar-refractivity contribution >= 4 is 33.0 Å². The summed E-state index contributed by atoms with van der Waals surface area (Å²) in [6.07, 6.45) is 0. The minimum Gasteiger partial charge on any atom is -0.439 e. The fraction of sp³-hybridized carbons (Fsp3) is 0.0244. The standard InChI is InChI=1S/C41H15N9O/c42-15-23-9-26(17-44)36(27(10-23)18-45)38(37-28(19-46)11-24(16-43)12-29(37)20-47)25-13-30(21-48)40(31(14-25)22-49)50-34-7-3-1-5-32(34)39-33-6-2-4-8-35(33)51-41(39)50/h1-14,38H. The molecule has 0 atom stereocenters. The number of para-hydroxylation sites is 2. The molecule has 2 aromatic heterocycles. The molecule has 5 aromatic carbocycles. The Bertz CT molecular complexity index is 2830. The lowest BCUT2D eigenvalue weighted by Gasteiger charge is -2.25. The van der Waals surface area contributed by atoms with E-state index in [4.69, 9.17) is 4.42 Å². The van der Waals surface area contributed by atoms with Crippen molar-refractivity contribution in [3.8, 4) is 54.2 Å². The number of hydrogen-bond acceptors (Lipinski definition) is 9. The minimum absolute atomic E-state index is 0.0217. The van der Waals surface area contributed by atoms with Crippen LogP contribution in [-0.4, -0.2) is 4.57 Å². The van der Waals surface area contributed by atoms with Crippen molar-refractivity contribution in [2.24, 2.45) is 0 Å². The van der Waals surface area contributed by atoms with Gasteiger partial charge in [-0.1, -0.05) is 36.4 Å². The number of nitrogens with zero attached hydrogens (tertiary/aromatic N) is 9. The van der Waals surface area contributed by atoms with Gasteiger partial charge in [0.2, 0.25) is 5.71 Å². The summed E-state index contributed by atoms with van der Waals surface area (Å²) < 4.78 is 8.07. The van der Waals surface area contributed by atoms with Crippen molar-refractivity contribution < 1.29 is 4.42 Å². The Balaban J connectivity index is 1.63. The van der Waals surface area contributed by atoms with Crippen LogP contribution in [0.4, 0.5) is 0 Å². The van der Waals surface area contributed by atoms with Crippen LogP contribution in [0.1, 0.15) is 67.1 Å². The minimum atomic E-state index is -1.25. The van der Waals surface area contributed by atoms with Crippen molar-refractivity contribution in [3.05, 3.63) is 146 Å². The maximum Gasteiger partial charge on any atom is 0.213 e. The lowest BCUT2D eigenvalue weighted by Crippen LogP contribution is -2.14. The molecule has 0 saturated heterocycles. The van der Waals surface area contributed by atoms with E-state index in [1.54, 1.807) is 4.57 Å². The van der Waals surface area contributed by atoms with Crippen LogP contribution in [0.3, 0.4) is 0 Å². The first-order valence-corrected chi connectivity index (χ1v) is 15.1. The first kappa shape index (κ1) is 31.0. The molecule has 2 heterocycles. The predicted octanol–water partition coefficient (Wildman–Crippen LogP) is 7.68. The van der Waals surface area contributed by atoms with Crippen molar-refractivity contribution in [2.75, 3.05) is 0 Å². The van der Waals surface area contributed by atoms with E-state index in [1.165, 1.54) is 36.4 Å². The van der Waals surface area contributed by atoms with Gasteiger partial charge in [0.25, 0.3) is 0 Å². The van der Waals surface area contributed by atoms with Gasteiger partial charge in [0, 0.05) is 16.7 Å². The molecular weight excluding hydrogens is 635 g/mol. The Labute approximate surface area is 289 Å². The highest BCUT2D eigenvalue weighted by atomic mass is 16.3. The average molecular weight is 650 g/mol. The second kappa shape index (κ2) is 12.2. The van der Waals surface area contributed by atoms with Crippen LogP contribution >= 0.6 is 0 Å². The summed E-state index contributed by atoms with van der Waals surface area (Å²) in [6, 6.07) is 39.6. The van der Waals surface area contributed by atoms with Crippen LogP contribution in [0.15, 0.2) is 89.3 Å².